The van der Waals surface area contributed by atoms with Crippen molar-refractivity contribution in [2.45, 2.75) is 13.0 Å². The molecule has 0 amide bonds. The zero-order valence-corrected chi connectivity index (χ0v) is 5.74. The summed E-state index contributed by atoms with van der Waals surface area (Å²) in [5, 5.41) is 0. The van der Waals surface area contributed by atoms with Crippen molar-refractivity contribution in [3.8, 4) is 0 Å². The molecule has 0 unspecified atom stereocenters. The third kappa shape index (κ3) is 0.885. The van der Waals surface area contributed by atoms with Crippen LogP contribution in [0.15, 0.2) is 12.4 Å². The van der Waals surface area contributed by atoms with Gasteiger partial charge in [0.1, 0.15) is 6.10 Å². The van der Waals surface area contributed by atoms with Crippen molar-refractivity contribution in [3.63, 3.8) is 0 Å². The highest BCUT2D eigenvalue weighted by Gasteiger charge is 2.27. The van der Waals surface area contributed by atoms with Gasteiger partial charge >= 0.3 is 0 Å². The first-order valence-electron chi connectivity index (χ1n) is 3.27. The summed E-state index contributed by atoms with van der Waals surface area (Å²) in [6.07, 6.45) is 3.62. The van der Waals surface area contributed by atoms with E-state index < -0.39 is 0 Å². The predicted octanol–water partition coefficient (Wildman–Crippen LogP) is 0.856. The second-order valence-corrected chi connectivity index (χ2v) is 2.35. The van der Waals surface area contributed by atoms with Gasteiger partial charge in [-0.1, -0.05) is 0 Å². The minimum Gasteiger partial charge on any atom is -0.366 e. The topological polar surface area (TPSA) is 38.3 Å². The van der Waals surface area contributed by atoms with Gasteiger partial charge in [-0.3, -0.25) is 9.97 Å². The summed E-state index contributed by atoms with van der Waals surface area (Å²) in [7, 11) is 0. The van der Waals surface area contributed by atoms with Crippen LogP contribution < -0.4 is 0 Å². The molecule has 1 aliphatic heterocycles. The Hall–Kier alpha value is -0.960. The number of epoxide rings is 1. The molecule has 1 saturated heterocycles. The van der Waals surface area contributed by atoms with Gasteiger partial charge in [-0.2, -0.15) is 0 Å². The van der Waals surface area contributed by atoms with Gasteiger partial charge in [0.05, 0.1) is 18.0 Å². The maximum atomic E-state index is 5.07. The van der Waals surface area contributed by atoms with Gasteiger partial charge in [-0.25, -0.2) is 0 Å². The van der Waals surface area contributed by atoms with Gasteiger partial charge in [0.25, 0.3) is 0 Å². The molecule has 52 valence electrons. The molecule has 1 aliphatic rings. The quantitative estimate of drug-likeness (QED) is 0.537. The third-order valence-corrected chi connectivity index (χ3v) is 1.56. The van der Waals surface area contributed by atoms with Gasteiger partial charge < -0.3 is 4.74 Å². The Bertz CT molecular complexity index is 245. The Morgan fingerprint density at radius 2 is 2.20 bits per heavy atom. The molecule has 0 spiro atoms. The number of ether oxygens (including phenoxy) is 1. The van der Waals surface area contributed by atoms with E-state index in [1.807, 2.05) is 6.92 Å². The Morgan fingerprint density at radius 1 is 1.50 bits per heavy atom. The Morgan fingerprint density at radius 3 is 2.80 bits per heavy atom. The average Bonchev–Trinajstić information content (AvgIpc) is 2.71. The minimum absolute atomic E-state index is 0.230. The van der Waals surface area contributed by atoms with E-state index in [0.29, 0.717) is 0 Å². The first-order chi connectivity index (χ1) is 4.88. The lowest BCUT2D eigenvalue weighted by atomic mass is 10.2. The number of hydrogen-bond acceptors (Lipinski definition) is 3. The summed E-state index contributed by atoms with van der Waals surface area (Å²) in [5.74, 6) is 0. The van der Waals surface area contributed by atoms with E-state index in [1.165, 1.54) is 0 Å². The summed E-state index contributed by atoms with van der Waals surface area (Å²) >= 11 is 0. The first-order valence-corrected chi connectivity index (χ1v) is 3.27. The smallest absolute Gasteiger partial charge is 0.125 e. The molecule has 2 heterocycles. The van der Waals surface area contributed by atoms with E-state index in [2.05, 4.69) is 9.97 Å². The highest BCUT2D eigenvalue weighted by Crippen LogP contribution is 2.28. The fourth-order valence-electron chi connectivity index (χ4n) is 0.940. The van der Waals surface area contributed by atoms with Gasteiger partial charge in [0, 0.05) is 12.4 Å². The van der Waals surface area contributed by atoms with Crippen molar-refractivity contribution in [2.75, 3.05) is 6.61 Å². The van der Waals surface area contributed by atoms with E-state index in [-0.39, 0.29) is 6.10 Å². The molecule has 0 aromatic carbocycles. The van der Waals surface area contributed by atoms with E-state index in [0.717, 1.165) is 18.0 Å². The lowest BCUT2D eigenvalue weighted by molar-refractivity contribution is 0.410. The number of nitrogens with zero attached hydrogens (tertiary/aromatic N) is 2. The largest absolute Gasteiger partial charge is 0.366 e. The Kier molecular flexibility index (Phi) is 1.17. The van der Waals surface area contributed by atoms with Gasteiger partial charge in [-0.15, -0.1) is 0 Å². The predicted molar refractivity (Wildman–Crippen MR) is 35.5 cm³/mol. The Balaban J connectivity index is 2.39. The van der Waals surface area contributed by atoms with Crippen molar-refractivity contribution in [1.82, 2.24) is 9.97 Å². The second-order valence-electron chi connectivity index (χ2n) is 2.35. The van der Waals surface area contributed by atoms with Crippen LogP contribution in [-0.4, -0.2) is 16.6 Å². The van der Waals surface area contributed by atoms with Crippen molar-refractivity contribution in [3.05, 3.63) is 23.8 Å². The number of aryl methyl sites for hydroxylation is 1. The van der Waals surface area contributed by atoms with Gasteiger partial charge in [0.15, 0.2) is 0 Å². The summed E-state index contributed by atoms with van der Waals surface area (Å²) in [6.45, 7) is 2.75. The zero-order valence-electron chi connectivity index (χ0n) is 5.74. The molecule has 1 atom stereocenters. The molecule has 0 aliphatic carbocycles. The number of hydrogen-bond donors (Lipinski definition) is 0. The number of aromatic nitrogens is 2. The highest BCUT2D eigenvalue weighted by molar-refractivity contribution is 5.14. The van der Waals surface area contributed by atoms with E-state index in [1.54, 1.807) is 12.4 Å². The van der Waals surface area contributed by atoms with Gasteiger partial charge in [0.2, 0.25) is 0 Å². The van der Waals surface area contributed by atoms with E-state index >= 15 is 0 Å². The van der Waals surface area contributed by atoms with Crippen LogP contribution in [0.25, 0.3) is 0 Å². The summed E-state index contributed by atoms with van der Waals surface area (Å²) in [5.41, 5.74) is 1.97. The van der Waals surface area contributed by atoms with Crippen LogP contribution in [0.4, 0.5) is 0 Å². The number of rotatable bonds is 1. The Labute approximate surface area is 59.1 Å². The van der Waals surface area contributed by atoms with Crippen LogP contribution in [0.2, 0.25) is 0 Å². The average molecular weight is 136 g/mol. The van der Waals surface area contributed by atoms with Crippen LogP contribution in [0.5, 0.6) is 0 Å². The van der Waals surface area contributed by atoms with Crippen LogP contribution in [0, 0.1) is 6.92 Å². The molecule has 0 radical (unpaired) electrons. The maximum Gasteiger partial charge on any atom is 0.125 e. The molecule has 0 bridgehead atoms. The summed E-state index contributed by atoms with van der Waals surface area (Å²) in [6, 6.07) is 0. The highest BCUT2D eigenvalue weighted by atomic mass is 16.6. The molecule has 1 aromatic rings. The molecule has 2 rings (SSSR count). The molecular formula is C7H8N2O. The van der Waals surface area contributed by atoms with Crippen molar-refractivity contribution >= 4 is 0 Å². The zero-order chi connectivity index (χ0) is 6.97. The van der Waals surface area contributed by atoms with Gasteiger partial charge in [-0.05, 0) is 6.92 Å². The monoisotopic (exact) mass is 136 g/mol. The van der Waals surface area contributed by atoms with Crippen LogP contribution in [0.3, 0.4) is 0 Å². The third-order valence-electron chi connectivity index (χ3n) is 1.56. The molecular weight excluding hydrogens is 128 g/mol. The van der Waals surface area contributed by atoms with Crippen LogP contribution in [-0.2, 0) is 4.74 Å². The standard InChI is InChI=1S/C7H8N2O/c1-5-7(6-4-10-6)9-3-2-8-5/h2-3,6H,4H2,1H3/t6-/m1/s1. The molecule has 10 heavy (non-hydrogen) atoms. The molecule has 0 N–H and O–H groups in total. The lowest BCUT2D eigenvalue weighted by Gasteiger charge is -1.96. The van der Waals surface area contributed by atoms with Crippen molar-refractivity contribution < 1.29 is 4.74 Å². The molecule has 1 aromatic heterocycles. The lowest BCUT2D eigenvalue weighted by Crippen LogP contribution is -1.93. The normalized spacial score (nSPS) is 22.7. The molecule has 1 fully saturated rings. The minimum atomic E-state index is 0.230. The maximum absolute atomic E-state index is 5.07. The van der Waals surface area contributed by atoms with E-state index in [9.17, 15) is 0 Å². The van der Waals surface area contributed by atoms with Crippen LogP contribution in [0.1, 0.15) is 17.5 Å². The fourth-order valence-corrected chi connectivity index (χ4v) is 0.940. The second kappa shape index (κ2) is 2.02. The van der Waals surface area contributed by atoms with Crippen LogP contribution >= 0.6 is 0 Å². The summed E-state index contributed by atoms with van der Waals surface area (Å²) in [4.78, 5) is 8.25. The molecule has 3 nitrogen and oxygen atoms in total. The fraction of sp³-hybridized carbons (Fsp3) is 0.429. The SMILES string of the molecule is Cc1nccnc1[C@H]1CO1. The first kappa shape index (κ1) is 5.80. The van der Waals surface area contributed by atoms with Crippen molar-refractivity contribution in [1.29, 1.82) is 0 Å². The van der Waals surface area contributed by atoms with Crippen molar-refractivity contribution in [2.24, 2.45) is 0 Å². The van der Waals surface area contributed by atoms with E-state index in [4.69, 9.17) is 4.74 Å². The summed E-state index contributed by atoms with van der Waals surface area (Å²) < 4.78 is 5.07. The molecule has 3 heteroatoms. The molecule has 0 saturated carbocycles.